The third-order valence-electron chi connectivity index (χ3n) is 4.98. The van der Waals surface area contributed by atoms with Crippen LogP contribution in [0.2, 0.25) is 0 Å². The first-order valence-corrected chi connectivity index (χ1v) is 11.1. The van der Waals surface area contributed by atoms with Crippen molar-refractivity contribution in [1.82, 2.24) is 20.6 Å². The van der Waals surface area contributed by atoms with E-state index >= 15 is 0 Å². The highest BCUT2D eigenvalue weighted by Gasteiger charge is 2.17. The lowest BCUT2D eigenvalue weighted by Crippen LogP contribution is -2.42. The van der Waals surface area contributed by atoms with Gasteiger partial charge < -0.3 is 0 Å². The minimum Gasteiger partial charge on any atom is -0.273 e. The van der Waals surface area contributed by atoms with Crippen LogP contribution in [-0.2, 0) is 17.8 Å². The zero-order valence-electron chi connectivity index (χ0n) is 17.3. The summed E-state index contributed by atoms with van der Waals surface area (Å²) in [4.78, 5) is 39.1. The van der Waals surface area contributed by atoms with Gasteiger partial charge in [-0.3, -0.25) is 25.2 Å². The maximum atomic E-state index is 12.9. The number of hydrogen-bond donors (Lipinski definition) is 2. The van der Waals surface area contributed by atoms with Crippen LogP contribution < -0.4 is 16.4 Å². The number of benzene rings is 2. The van der Waals surface area contributed by atoms with Crippen molar-refractivity contribution < 1.29 is 9.59 Å². The Hall–Kier alpha value is -3.78. The molecule has 0 radical (unpaired) electrons. The molecule has 0 aliphatic carbocycles. The van der Waals surface area contributed by atoms with Gasteiger partial charge >= 0.3 is 0 Å². The average Bonchev–Trinajstić information content (AvgIpc) is 3.33. The van der Waals surface area contributed by atoms with Crippen LogP contribution in [0.1, 0.15) is 33.8 Å². The van der Waals surface area contributed by atoms with Crippen molar-refractivity contribution in [2.75, 3.05) is 0 Å². The highest BCUT2D eigenvalue weighted by Crippen LogP contribution is 2.14. The fraction of sp³-hybridized carbons (Fsp3) is 0.167. The zero-order valence-corrected chi connectivity index (χ0v) is 18.1. The maximum absolute atomic E-state index is 12.9. The van der Waals surface area contributed by atoms with Crippen molar-refractivity contribution in [3.63, 3.8) is 0 Å². The van der Waals surface area contributed by atoms with E-state index in [0.717, 1.165) is 12.0 Å². The first-order chi connectivity index (χ1) is 15.6. The molecule has 2 heterocycles. The van der Waals surface area contributed by atoms with E-state index in [-0.39, 0.29) is 23.7 Å². The lowest BCUT2D eigenvalue weighted by Gasteiger charge is -2.12. The highest BCUT2D eigenvalue weighted by molar-refractivity contribution is 7.09. The number of nitrogens with one attached hydrogen (secondary N) is 2. The van der Waals surface area contributed by atoms with Gasteiger partial charge in [-0.15, -0.1) is 11.3 Å². The van der Waals surface area contributed by atoms with E-state index in [4.69, 9.17) is 0 Å². The third-order valence-corrected chi connectivity index (χ3v) is 5.92. The predicted molar refractivity (Wildman–Crippen MR) is 124 cm³/mol. The molecule has 162 valence electrons. The molecule has 0 atom stereocenters. The minimum absolute atomic E-state index is 0.0787. The van der Waals surface area contributed by atoms with Gasteiger partial charge in [-0.1, -0.05) is 54.6 Å². The molecule has 0 unspecified atom stereocenters. The molecule has 0 aliphatic rings. The van der Waals surface area contributed by atoms with Gasteiger partial charge in [0.2, 0.25) is 5.91 Å². The monoisotopic (exact) mass is 446 g/mol. The Morgan fingerprint density at radius 1 is 0.906 bits per heavy atom. The number of fused-ring (bicyclic) bond motifs is 1. The van der Waals surface area contributed by atoms with Crippen molar-refractivity contribution in [3.05, 3.63) is 98.6 Å². The van der Waals surface area contributed by atoms with E-state index in [9.17, 15) is 14.4 Å². The van der Waals surface area contributed by atoms with Gasteiger partial charge in [0.25, 0.3) is 11.5 Å². The smallest absolute Gasteiger partial charge is 0.273 e. The van der Waals surface area contributed by atoms with Gasteiger partial charge in [-0.05, 0) is 35.9 Å². The number of thiophene rings is 1. The number of hydrogen-bond acceptors (Lipinski definition) is 5. The molecule has 4 rings (SSSR count). The second kappa shape index (κ2) is 10.0. The molecule has 8 heteroatoms. The van der Waals surface area contributed by atoms with E-state index in [0.29, 0.717) is 23.6 Å². The summed E-state index contributed by atoms with van der Waals surface area (Å²) in [6.45, 7) is 0.236. The van der Waals surface area contributed by atoms with Crippen LogP contribution in [0, 0.1) is 0 Å². The zero-order chi connectivity index (χ0) is 22.3. The molecular weight excluding hydrogens is 424 g/mol. The Morgan fingerprint density at radius 2 is 1.66 bits per heavy atom. The van der Waals surface area contributed by atoms with Crippen LogP contribution in [-0.4, -0.2) is 21.6 Å². The lowest BCUT2D eigenvalue weighted by atomic mass is 10.1. The summed E-state index contributed by atoms with van der Waals surface area (Å²) < 4.78 is 1.27. The second-order valence-electron chi connectivity index (χ2n) is 7.28. The van der Waals surface area contributed by atoms with Crippen LogP contribution in [0.25, 0.3) is 10.8 Å². The van der Waals surface area contributed by atoms with Crippen molar-refractivity contribution >= 4 is 33.9 Å². The molecular formula is C24H22N4O3S. The van der Waals surface area contributed by atoms with Crippen LogP contribution >= 0.6 is 11.3 Å². The summed E-state index contributed by atoms with van der Waals surface area (Å²) in [6, 6.07) is 20.3. The summed E-state index contributed by atoms with van der Waals surface area (Å²) in [5.74, 6) is -0.855. The van der Waals surface area contributed by atoms with Crippen LogP contribution in [0.15, 0.2) is 76.9 Å². The molecule has 0 aliphatic heterocycles. The number of carbonyl (C=O) groups excluding carboxylic acids is 2. The van der Waals surface area contributed by atoms with Crippen molar-refractivity contribution in [3.8, 4) is 0 Å². The lowest BCUT2D eigenvalue weighted by molar-refractivity contribution is -0.121. The van der Waals surface area contributed by atoms with E-state index in [1.165, 1.54) is 9.56 Å². The fourth-order valence-electron chi connectivity index (χ4n) is 3.39. The molecule has 0 saturated heterocycles. The quantitative estimate of drug-likeness (QED) is 0.426. The summed E-state index contributed by atoms with van der Waals surface area (Å²) in [6.07, 6.45) is 1.79. The second-order valence-corrected chi connectivity index (χ2v) is 8.31. The van der Waals surface area contributed by atoms with Gasteiger partial charge in [-0.25, -0.2) is 4.68 Å². The van der Waals surface area contributed by atoms with Gasteiger partial charge in [0.15, 0.2) is 5.69 Å². The Balaban J connectivity index is 1.48. The molecule has 0 fully saturated rings. The topological polar surface area (TPSA) is 93.1 Å². The van der Waals surface area contributed by atoms with Crippen molar-refractivity contribution in [1.29, 1.82) is 0 Å². The molecule has 32 heavy (non-hydrogen) atoms. The first-order valence-electron chi connectivity index (χ1n) is 10.3. The molecule has 2 amide bonds. The molecule has 0 saturated carbocycles. The summed E-state index contributed by atoms with van der Waals surface area (Å²) >= 11 is 1.66. The van der Waals surface area contributed by atoms with Gasteiger partial charge in [0.1, 0.15) is 0 Å². The number of rotatable bonds is 7. The number of hydrazine groups is 1. The van der Waals surface area contributed by atoms with Crippen LogP contribution in [0.3, 0.4) is 0 Å². The summed E-state index contributed by atoms with van der Waals surface area (Å²) in [5, 5.41) is 7.15. The predicted octanol–water partition coefficient (Wildman–Crippen LogP) is 3.29. The first kappa shape index (κ1) is 21.5. The standard InChI is InChI=1S/C24H22N4O3S/c29-21(14-6-10-18-11-7-15-32-18)25-26-23(30)22-19-12-4-5-13-20(19)24(31)28(27-22)16-17-8-2-1-3-9-17/h1-5,7-9,11-13,15H,6,10,14,16H2,(H,25,29)(H,26,30). The molecule has 2 aromatic carbocycles. The SMILES string of the molecule is O=C(CCCc1cccs1)NNC(=O)c1nn(Cc2ccccc2)c(=O)c2ccccc12. The fourth-order valence-corrected chi connectivity index (χ4v) is 4.14. The van der Waals surface area contributed by atoms with E-state index < -0.39 is 5.91 Å². The van der Waals surface area contributed by atoms with E-state index in [2.05, 4.69) is 16.0 Å². The number of amides is 2. The Bertz CT molecular complexity index is 1280. The number of carbonyl (C=O) groups is 2. The molecule has 4 aromatic rings. The molecule has 2 N–H and O–H groups in total. The molecule has 0 bridgehead atoms. The van der Waals surface area contributed by atoms with E-state index in [1.807, 2.05) is 47.8 Å². The Labute approximate surface area is 188 Å². The van der Waals surface area contributed by atoms with Gasteiger partial charge in [0.05, 0.1) is 11.9 Å². The molecule has 7 nitrogen and oxygen atoms in total. The van der Waals surface area contributed by atoms with Crippen LogP contribution in [0.4, 0.5) is 0 Å². The maximum Gasteiger partial charge on any atom is 0.290 e. The van der Waals surface area contributed by atoms with E-state index in [1.54, 1.807) is 35.6 Å². The normalized spacial score (nSPS) is 10.8. The highest BCUT2D eigenvalue weighted by atomic mass is 32.1. The van der Waals surface area contributed by atoms with Crippen molar-refractivity contribution in [2.45, 2.75) is 25.8 Å². The Morgan fingerprint density at radius 3 is 2.41 bits per heavy atom. The minimum atomic E-state index is -0.574. The Kier molecular flexibility index (Phi) is 6.72. The number of nitrogens with zero attached hydrogens (tertiary/aromatic N) is 2. The molecule has 2 aromatic heterocycles. The number of aromatic nitrogens is 2. The van der Waals surface area contributed by atoms with Crippen molar-refractivity contribution in [2.24, 2.45) is 0 Å². The third kappa shape index (κ3) is 5.09. The average molecular weight is 447 g/mol. The van der Waals surface area contributed by atoms with Gasteiger partial charge in [0, 0.05) is 16.7 Å². The van der Waals surface area contributed by atoms with Crippen LogP contribution in [0.5, 0.6) is 0 Å². The molecule has 0 spiro atoms. The number of aryl methyl sites for hydroxylation is 1. The summed E-state index contributed by atoms with van der Waals surface area (Å²) in [5.41, 5.74) is 5.57. The van der Waals surface area contributed by atoms with Gasteiger partial charge in [-0.2, -0.15) is 5.10 Å². The summed E-state index contributed by atoms with van der Waals surface area (Å²) in [7, 11) is 0. The largest absolute Gasteiger partial charge is 0.290 e.